The molecule has 1 unspecified atom stereocenters. The second kappa shape index (κ2) is 6.87. The summed E-state index contributed by atoms with van der Waals surface area (Å²) in [5, 5.41) is 13.0. The van der Waals surface area contributed by atoms with Crippen molar-refractivity contribution in [2.45, 2.75) is 51.1 Å². The van der Waals surface area contributed by atoms with Crippen molar-refractivity contribution in [3.63, 3.8) is 0 Å². The molecule has 2 nitrogen and oxygen atoms in total. The van der Waals surface area contributed by atoms with E-state index in [0.717, 1.165) is 6.42 Å². The summed E-state index contributed by atoms with van der Waals surface area (Å²) in [6.07, 6.45) is 3.40. The molecule has 0 amide bonds. The number of hydrogen-bond acceptors (Lipinski definition) is 2. The molecule has 3 heteroatoms. The first kappa shape index (κ1) is 15.0. The van der Waals surface area contributed by atoms with E-state index < -0.39 is 0 Å². The summed E-state index contributed by atoms with van der Waals surface area (Å²) in [7, 11) is 0. The van der Waals surface area contributed by atoms with Gasteiger partial charge in [0.05, 0.1) is 6.61 Å². The zero-order valence-electron chi connectivity index (χ0n) is 11.8. The molecule has 106 valence electrons. The normalized spacial score (nSPS) is 24.3. The molecule has 1 aliphatic carbocycles. The van der Waals surface area contributed by atoms with Crippen LogP contribution in [0.4, 0.5) is 0 Å². The fraction of sp³-hybridized carbons (Fsp3) is 0.625. The second-order valence-electron chi connectivity index (χ2n) is 6.06. The summed E-state index contributed by atoms with van der Waals surface area (Å²) in [5.74, 6) is 1.29. The molecule has 0 spiro atoms. The van der Waals surface area contributed by atoms with Gasteiger partial charge in [-0.15, -0.1) is 0 Å². The molecule has 0 radical (unpaired) electrons. The minimum Gasteiger partial charge on any atom is -0.395 e. The molecular weight excluding hydrogens is 302 g/mol. The van der Waals surface area contributed by atoms with Crippen LogP contribution in [0.25, 0.3) is 0 Å². The maximum Gasteiger partial charge on any atom is 0.0584 e. The summed E-state index contributed by atoms with van der Waals surface area (Å²) >= 11 is 3.63. The Labute approximate surface area is 124 Å². The number of hydrogen-bond donors (Lipinski definition) is 2. The average molecular weight is 326 g/mol. The van der Waals surface area contributed by atoms with Crippen LogP contribution in [0, 0.1) is 5.92 Å². The first-order valence-electron chi connectivity index (χ1n) is 7.21. The van der Waals surface area contributed by atoms with Crippen LogP contribution in [0.15, 0.2) is 28.7 Å². The fourth-order valence-electron chi connectivity index (χ4n) is 2.91. The van der Waals surface area contributed by atoms with E-state index in [4.69, 9.17) is 0 Å². The third-order valence-corrected chi connectivity index (χ3v) is 4.65. The fourth-order valence-corrected chi connectivity index (χ4v) is 3.52. The first-order valence-corrected chi connectivity index (χ1v) is 8.00. The smallest absolute Gasteiger partial charge is 0.0584 e. The van der Waals surface area contributed by atoms with E-state index in [1.807, 2.05) is 0 Å². The van der Waals surface area contributed by atoms with Gasteiger partial charge in [-0.25, -0.2) is 0 Å². The quantitative estimate of drug-likeness (QED) is 0.836. The van der Waals surface area contributed by atoms with Crippen molar-refractivity contribution in [3.8, 4) is 0 Å². The van der Waals surface area contributed by atoms with Crippen molar-refractivity contribution in [1.82, 2.24) is 5.32 Å². The van der Waals surface area contributed by atoms with Gasteiger partial charge in [0, 0.05) is 16.6 Å². The molecule has 1 aliphatic rings. The molecule has 0 aromatic heterocycles. The number of aliphatic hydroxyl groups is 1. The lowest BCUT2D eigenvalue weighted by Crippen LogP contribution is -2.47. The molecule has 0 heterocycles. The highest BCUT2D eigenvalue weighted by Crippen LogP contribution is 2.40. The monoisotopic (exact) mass is 325 g/mol. The van der Waals surface area contributed by atoms with E-state index in [1.54, 1.807) is 0 Å². The predicted octanol–water partition coefficient (Wildman–Crippen LogP) is 3.69. The molecule has 19 heavy (non-hydrogen) atoms. The Bertz CT molecular complexity index is 401. The topological polar surface area (TPSA) is 32.3 Å². The van der Waals surface area contributed by atoms with Crippen molar-refractivity contribution in [1.29, 1.82) is 0 Å². The van der Waals surface area contributed by atoms with Crippen LogP contribution < -0.4 is 5.32 Å². The summed E-state index contributed by atoms with van der Waals surface area (Å²) in [6, 6.07) is 9.31. The lowest BCUT2D eigenvalue weighted by atomic mass is 9.75. The van der Waals surface area contributed by atoms with Crippen molar-refractivity contribution in [3.05, 3.63) is 34.3 Å². The van der Waals surface area contributed by atoms with Gasteiger partial charge >= 0.3 is 0 Å². The van der Waals surface area contributed by atoms with E-state index in [2.05, 4.69) is 59.4 Å². The maximum absolute atomic E-state index is 9.40. The van der Waals surface area contributed by atoms with Crippen LogP contribution in [0.2, 0.25) is 0 Å². The summed E-state index contributed by atoms with van der Waals surface area (Å²) in [4.78, 5) is 0. The third kappa shape index (κ3) is 4.04. The van der Waals surface area contributed by atoms with E-state index >= 15 is 0 Å². The van der Waals surface area contributed by atoms with Gasteiger partial charge in [0.2, 0.25) is 0 Å². The highest BCUT2D eigenvalue weighted by Gasteiger charge is 2.32. The minimum absolute atomic E-state index is 0.244. The summed E-state index contributed by atoms with van der Waals surface area (Å²) < 4.78 is 1.22. The molecule has 1 aromatic rings. The molecule has 0 aliphatic heterocycles. The molecule has 1 saturated carbocycles. The van der Waals surface area contributed by atoms with Crippen molar-refractivity contribution in [2.75, 3.05) is 6.61 Å². The van der Waals surface area contributed by atoms with Gasteiger partial charge < -0.3 is 10.4 Å². The number of nitrogens with one attached hydrogen (secondary N) is 1. The van der Waals surface area contributed by atoms with Gasteiger partial charge in [-0.05, 0) is 42.7 Å². The van der Waals surface area contributed by atoms with Crippen LogP contribution in [0.5, 0.6) is 0 Å². The summed E-state index contributed by atoms with van der Waals surface area (Å²) in [5.41, 5.74) is 1.42. The SMILES string of the molecule is CC(C)CC(CO)NC1CC(c2ccccc2Br)C1. The molecule has 1 aromatic carbocycles. The molecular formula is C16H24BrNO. The van der Waals surface area contributed by atoms with Crippen molar-refractivity contribution < 1.29 is 5.11 Å². The van der Waals surface area contributed by atoms with Crippen molar-refractivity contribution in [2.24, 2.45) is 5.92 Å². The number of halogens is 1. The second-order valence-corrected chi connectivity index (χ2v) is 6.92. The molecule has 0 bridgehead atoms. The minimum atomic E-state index is 0.244. The van der Waals surface area contributed by atoms with Gasteiger partial charge in [-0.1, -0.05) is 48.0 Å². The zero-order chi connectivity index (χ0) is 13.8. The highest BCUT2D eigenvalue weighted by atomic mass is 79.9. The van der Waals surface area contributed by atoms with Gasteiger partial charge in [-0.3, -0.25) is 0 Å². The lowest BCUT2D eigenvalue weighted by molar-refractivity contribution is 0.181. The van der Waals surface area contributed by atoms with Crippen LogP contribution in [0.1, 0.15) is 44.6 Å². The Balaban J connectivity index is 1.81. The van der Waals surface area contributed by atoms with E-state index in [-0.39, 0.29) is 12.6 Å². The Hall–Kier alpha value is -0.380. The average Bonchev–Trinajstić information content (AvgIpc) is 2.32. The summed E-state index contributed by atoms with van der Waals surface area (Å²) in [6.45, 7) is 4.65. The van der Waals surface area contributed by atoms with E-state index in [1.165, 1.54) is 22.9 Å². The number of aliphatic hydroxyl groups excluding tert-OH is 1. The highest BCUT2D eigenvalue weighted by molar-refractivity contribution is 9.10. The zero-order valence-corrected chi connectivity index (χ0v) is 13.4. The van der Waals surface area contributed by atoms with E-state index in [9.17, 15) is 5.11 Å². The third-order valence-electron chi connectivity index (χ3n) is 3.93. The molecule has 2 N–H and O–H groups in total. The van der Waals surface area contributed by atoms with Crippen molar-refractivity contribution >= 4 is 15.9 Å². The number of rotatable bonds is 6. The standard InChI is InChI=1S/C16H24BrNO/c1-11(2)7-14(10-19)18-13-8-12(9-13)15-5-3-4-6-16(15)17/h3-6,11-14,18-19H,7-10H2,1-2H3. The Morgan fingerprint density at radius 1 is 1.32 bits per heavy atom. The van der Waals surface area contributed by atoms with Crippen LogP contribution >= 0.6 is 15.9 Å². The first-order chi connectivity index (χ1) is 9.10. The van der Waals surface area contributed by atoms with Gasteiger partial charge in [0.25, 0.3) is 0 Å². The molecule has 2 rings (SSSR count). The lowest BCUT2D eigenvalue weighted by Gasteiger charge is -2.39. The number of benzene rings is 1. The Morgan fingerprint density at radius 2 is 2.00 bits per heavy atom. The van der Waals surface area contributed by atoms with E-state index in [0.29, 0.717) is 17.9 Å². The maximum atomic E-state index is 9.40. The molecule has 0 saturated heterocycles. The van der Waals surface area contributed by atoms with Crippen LogP contribution in [0.3, 0.4) is 0 Å². The Morgan fingerprint density at radius 3 is 2.58 bits per heavy atom. The molecule has 1 fully saturated rings. The van der Waals surface area contributed by atoms with Gasteiger partial charge in [0.15, 0.2) is 0 Å². The predicted molar refractivity (Wildman–Crippen MR) is 83.4 cm³/mol. The largest absolute Gasteiger partial charge is 0.395 e. The van der Waals surface area contributed by atoms with Crippen LogP contribution in [-0.2, 0) is 0 Å². The van der Waals surface area contributed by atoms with Gasteiger partial charge in [-0.2, -0.15) is 0 Å². The Kier molecular flexibility index (Phi) is 5.43. The van der Waals surface area contributed by atoms with Crippen LogP contribution in [-0.4, -0.2) is 23.8 Å². The van der Waals surface area contributed by atoms with Gasteiger partial charge in [0.1, 0.15) is 0 Å². The molecule has 1 atom stereocenters.